The SMILES string of the molecule is C[C@H]1CNC[C@H]1OCc1cnn(C)c1-c1ccn2nc(NC(=O)C3CC3)cc2c1. The van der Waals surface area contributed by atoms with Crippen molar-refractivity contribution < 1.29 is 9.53 Å². The minimum absolute atomic E-state index is 0.0651. The van der Waals surface area contributed by atoms with Crippen LogP contribution in [0.3, 0.4) is 0 Å². The summed E-state index contributed by atoms with van der Waals surface area (Å²) in [5.74, 6) is 1.33. The van der Waals surface area contributed by atoms with Crippen LogP contribution in [0.4, 0.5) is 5.82 Å². The van der Waals surface area contributed by atoms with Gasteiger partial charge in [0.2, 0.25) is 5.91 Å². The first-order chi connectivity index (χ1) is 14.1. The minimum atomic E-state index is 0.0651. The molecular weight excluding hydrogens is 368 g/mol. The number of rotatable bonds is 6. The molecule has 1 saturated heterocycles. The summed E-state index contributed by atoms with van der Waals surface area (Å²) in [5, 5.41) is 15.2. The third-order valence-electron chi connectivity index (χ3n) is 5.85. The Bertz CT molecular complexity index is 1050. The van der Waals surface area contributed by atoms with E-state index < -0.39 is 0 Å². The first-order valence-corrected chi connectivity index (χ1v) is 10.2. The van der Waals surface area contributed by atoms with Crippen molar-refractivity contribution in [3.05, 3.63) is 36.2 Å². The van der Waals surface area contributed by atoms with Crippen LogP contribution in [0.2, 0.25) is 0 Å². The fourth-order valence-electron chi connectivity index (χ4n) is 3.94. The molecule has 2 N–H and O–H groups in total. The predicted molar refractivity (Wildman–Crippen MR) is 109 cm³/mol. The third-order valence-corrected chi connectivity index (χ3v) is 5.85. The Labute approximate surface area is 169 Å². The molecule has 2 fully saturated rings. The summed E-state index contributed by atoms with van der Waals surface area (Å²) in [7, 11) is 1.94. The van der Waals surface area contributed by atoms with Gasteiger partial charge < -0.3 is 15.4 Å². The normalized spacial score (nSPS) is 21.7. The highest BCUT2D eigenvalue weighted by Crippen LogP contribution is 2.31. The lowest BCUT2D eigenvalue weighted by Gasteiger charge is -2.15. The molecule has 0 aromatic carbocycles. The molecule has 0 bridgehead atoms. The maximum absolute atomic E-state index is 12.0. The molecule has 1 aliphatic heterocycles. The van der Waals surface area contributed by atoms with Crippen molar-refractivity contribution in [3.8, 4) is 11.3 Å². The van der Waals surface area contributed by atoms with Gasteiger partial charge in [-0.3, -0.25) is 9.48 Å². The summed E-state index contributed by atoms with van der Waals surface area (Å²) in [5.41, 5.74) is 4.08. The van der Waals surface area contributed by atoms with Gasteiger partial charge in [0.25, 0.3) is 0 Å². The van der Waals surface area contributed by atoms with Gasteiger partial charge in [-0.15, -0.1) is 0 Å². The lowest BCUT2D eigenvalue weighted by Crippen LogP contribution is -2.20. The fraction of sp³-hybridized carbons (Fsp3) is 0.476. The van der Waals surface area contributed by atoms with Crippen molar-refractivity contribution in [1.82, 2.24) is 24.7 Å². The highest BCUT2D eigenvalue weighted by Gasteiger charge is 2.30. The van der Waals surface area contributed by atoms with Crippen LogP contribution in [0.5, 0.6) is 0 Å². The van der Waals surface area contributed by atoms with Crippen LogP contribution in [0.15, 0.2) is 30.6 Å². The molecule has 3 aromatic heterocycles. The minimum Gasteiger partial charge on any atom is -0.372 e. The zero-order valence-electron chi connectivity index (χ0n) is 16.8. The number of anilines is 1. The number of carbonyl (C=O) groups is 1. The molecule has 152 valence electrons. The quantitative estimate of drug-likeness (QED) is 0.670. The number of hydrogen-bond acceptors (Lipinski definition) is 5. The van der Waals surface area contributed by atoms with E-state index in [1.807, 2.05) is 36.3 Å². The fourth-order valence-corrected chi connectivity index (χ4v) is 3.94. The average molecular weight is 394 g/mol. The zero-order chi connectivity index (χ0) is 20.0. The number of nitrogens with zero attached hydrogens (tertiary/aromatic N) is 4. The summed E-state index contributed by atoms with van der Waals surface area (Å²) in [4.78, 5) is 12.0. The summed E-state index contributed by atoms with van der Waals surface area (Å²) >= 11 is 0. The van der Waals surface area contributed by atoms with Gasteiger partial charge in [-0.25, -0.2) is 4.52 Å². The first-order valence-electron chi connectivity index (χ1n) is 10.2. The largest absolute Gasteiger partial charge is 0.372 e. The second kappa shape index (κ2) is 7.27. The molecule has 1 aliphatic carbocycles. The van der Waals surface area contributed by atoms with Gasteiger partial charge in [0.1, 0.15) is 0 Å². The van der Waals surface area contributed by atoms with E-state index in [4.69, 9.17) is 4.74 Å². The molecule has 5 rings (SSSR count). The number of aryl methyl sites for hydroxylation is 1. The maximum Gasteiger partial charge on any atom is 0.228 e. The van der Waals surface area contributed by atoms with Gasteiger partial charge in [-0.05, 0) is 30.9 Å². The highest BCUT2D eigenvalue weighted by molar-refractivity contribution is 5.93. The molecule has 1 amide bonds. The molecule has 8 nitrogen and oxygen atoms in total. The Morgan fingerprint density at radius 3 is 2.97 bits per heavy atom. The highest BCUT2D eigenvalue weighted by atomic mass is 16.5. The summed E-state index contributed by atoms with van der Waals surface area (Å²) in [6, 6.07) is 6.00. The van der Waals surface area contributed by atoms with E-state index in [1.165, 1.54) is 0 Å². The molecule has 4 heterocycles. The molecule has 0 radical (unpaired) electrons. The molecule has 3 aromatic rings. The predicted octanol–water partition coefficient (Wildman–Crippen LogP) is 2.21. The smallest absolute Gasteiger partial charge is 0.228 e. The maximum atomic E-state index is 12.0. The molecule has 2 aliphatic rings. The van der Waals surface area contributed by atoms with Gasteiger partial charge in [0, 0.05) is 49.4 Å². The number of pyridine rings is 1. The third kappa shape index (κ3) is 3.65. The second-order valence-corrected chi connectivity index (χ2v) is 8.20. The summed E-state index contributed by atoms with van der Waals surface area (Å²) < 4.78 is 9.82. The Morgan fingerprint density at radius 1 is 1.34 bits per heavy atom. The van der Waals surface area contributed by atoms with Gasteiger partial charge in [0.05, 0.1) is 30.1 Å². The Hall–Kier alpha value is -2.71. The van der Waals surface area contributed by atoms with Crippen LogP contribution in [-0.4, -0.2) is 44.5 Å². The summed E-state index contributed by atoms with van der Waals surface area (Å²) in [6.07, 6.45) is 5.98. The van der Waals surface area contributed by atoms with E-state index in [2.05, 4.69) is 33.8 Å². The summed E-state index contributed by atoms with van der Waals surface area (Å²) in [6.45, 7) is 4.64. The average Bonchev–Trinajstić information content (AvgIpc) is 3.21. The molecule has 1 saturated carbocycles. The monoisotopic (exact) mass is 394 g/mol. The second-order valence-electron chi connectivity index (χ2n) is 8.20. The number of aromatic nitrogens is 4. The number of ether oxygens (including phenoxy) is 1. The van der Waals surface area contributed by atoms with Crippen molar-refractivity contribution in [2.75, 3.05) is 18.4 Å². The molecule has 29 heavy (non-hydrogen) atoms. The van der Waals surface area contributed by atoms with E-state index in [0.29, 0.717) is 18.3 Å². The van der Waals surface area contributed by atoms with Crippen molar-refractivity contribution in [2.45, 2.75) is 32.5 Å². The number of carbonyl (C=O) groups excluding carboxylic acids is 1. The Kier molecular flexibility index (Phi) is 4.60. The van der Waals surface area contributed by atoms with Gasteiger partial charge in [-0.1, -0.05) is 6.92 Å². The Morgan fingerprint density at radius 2 is 2.21 bits per heavy atom. The molecular formula is C21H26N6O2. The van der Waals surface area contributed by atoms with E-state index in [0.717, 1.165) is 48.3 Å². The van der Waals surface area contributed by atoms with Gasteiger partial charge >= 0.3 is 0 Å². The number of nitrogens with one attached hydrogen (secondary N) is 2. The molecule has 8 heteroatoms. The number of amides is 1. The van der Waals surface area contributed by atoms with Crippen LogP contribution in [0.1, 0.15) is 25.3 Å². The first kappa shape index (κ1) is 18.3. The Balaban J connectivity index is 1.38. The number of fused-ring (bicyclic) bond motifs is 1. The standard InChI is InChI=1S/C21H26N6O2/c1-13-9-22-11-18(13)29-12-16-10-23-26(2)20(16)15-5-6-27-17(7-15)8-19(25-27)24-21(28)14-3-4-14/h5-8,10,13-14,18,22H,3-4,9,11-12H2,1-2H3,(H,24,25,28)/t13-,18+/m0/s1. The molecule has 0 unspecified atom stereocenters. The lowest BCUT2D eigenvalue weighted by molar-refractivity contribution is -0.117. The number of hydrogen-bond donors (Lipinski definition) is 2. The van der Waals surface area contributed by atoms with Crippen molar-refractivity contribution in [2.24, 2.45) is 18.9 Å². The van der Waals surface area contributed by atoms with E-state index in [-0.39, 0.29) is 17.9 Å². The van der Waals surface area contributed by atoms with Crippen molar-refractivity contribution in [3.63, 3.8) is 0 Å². The van der Waals surface area contributed by atoms with Crippen LogP contribution in [-0.2, 0) is 23.2 Å². The lowest BCUT2D eigenvalue weighted by atomic mass is 10.1. The molecule has 2 atom stereocenters. The molecule has 0 spiro atoms. The van der Waals surface area contributed by atoms with Crippen LogP contribution in [0, 0.1) is 11.8 Å². The zero-order valence-corrected chi connectivity index (χ0v) is 16.8. The van der Waals surface area contributed by atoms with Gasteiger partial charge in [0.15, 0.2) is 5.82 Å². The van der Waals surface area contributed by atoms with Crippen LogP contribution < -0.4 is 10.6 Å². The van der Waals surface area contributed by atoms with Gasteiger partial charge in [-0.2, -0.15) is 10.2 Å². The van der Waals surface area contributed by atoms with Crippen molar-refractivity contribution in [1.29, 1.82) is 0 Å². The van der Waals surface area contributed by atoms with E-state index in [1.54, 1.807) is 4.52 Å². The topological polar surface area (TPSA) is 85.5 Å². The van der Waals surface area contributed by atoms with Crippen LogP contribution >= 0.6 is 0 Å². The van der Waals surface area contributed by atoms with Crippen LogP contribution in [0.25, 0.3) is 16.8 Å². The van der Waals surface area contributed by atoms with Crippen molar-refractivity contribution >= 4 is 17.2 Å². The van der Waals surface area contributed by atoms with E-state index >= 15 is 0 Å². The van der Waals surface area contributed by atoms with E-state index in [9.17, 15) is 4.79 Å².